The number of benzene rings is 3. The summed E-state index contributed by atoms with van der Waals surface area (Å²) in [6.45, 7) is 4.46. The molecule has 0 radical (unpaired) electrons. The Morgan fingerprint density at radius 2 is 1.41 bits per heavy atom. The van der Waals surface area contributed by atoms with Crippen molar-refractivity contribution in [2.45, 2.75) is 127 Å². The monoisotopic (exact) mass is 939 g/mol. The highest BCUT2D eigenvalue weighted by Crippen LogP contribution is 2.56. The van der Waals surface area contributed by atoms with Crippen LogP contribution in [0.5, 0.6) is 11.5 Å². The van der Waals surface area contributed by atoms with Gasteiger partial charge in [0.25, 0.3) is 0 Å². The maximum atomic E-state index is 13.1. The van der Waals surface area contributed by atoms with Crippen LogP contribution < -0.4 is 19.3 Å². The fourth-order valence-corrected chi connectivity index (χ4v) is 11.6. The molecular weight excluding hydrogens is 881 g/mol. The molecule has 6 aliphatic heterocycles. The Balaban J connectivity index is 0.000000191. The Kier molecular flexibility index (Phi) is 12.4. The van der Waals surface area contributed by atoms with Gasteiger partial charge < -0.3 is 24.4 Å². The van der Waals surface area contributed by atoms with Crippen LogP contribution in [-0.2, 0) is 47.2 Å². The van der Waals surface area contributed by atoms with Crippen LogP contribution in [0.2, 0.25) is 0 Å². The van der Waals surface area contributed by atoms with Crippen molar-refractivity contribution in [1.29, 1.82) is 0 Å². The number of halogens is 1. The number of aliphatic hydroxyl groups is 1. The Labute approximate surface area is 373 Å². The highest BCUT2D eigenvalue weighted by Gasteiger charge is 2.52. The number of aryl methyl sites for hydroxylation is 2. The van der Waals surface area contributed by atoms with Crippen molar-refractivity contribution in [1.82, 2.24) is 4.90 Å². The topological polar surface area (TPSA) is 117 Å². The molecule has 7 aliphatic rings. The van der Waals surface area contributed by atoms with Gasteiger partial charge >= 0.3 is 0 Å². The van der Waals surface area contributed by atoms with Crippen molar-refractivity contribution in [2.24, 2.45) is 0 Å². The van der Waals surface area contributed by atoms with E-state index in [1.807, 2.05) is 46.2 Å². The predicted molar refractivity (Wildman–Crippen MR) is 245 cm³/mol. The van der Waals surface area contributed by atoms with Crippen molar-refractivity contribution < 1.29 is 33.8 Å². The smallest absolute Gasteiger partial charge is 0.231 e. The molecule has 0 fully saturated rings. The molecule has 61 heavy (non-hydrogen) atoms. The highest BCUT2D eigenvalue weighted by atomic mass is 127. The van der Waals surface area contributed by atoms with Crippen LogP contribution in [0.1, 0.15) is 131 Å². The second-order valence-electron chi connectivity index (χ2n) is 18.1. The minimum absolute atomic E-state index is 0.0709. The van der Waals surface area contributed by atoms with Crippen LogP contribution in [-0.4, -0.2) is 83.3 Å². The number of aliphatic hydroxyl groups excluding tert-OH is 1. The number of ketones is 2. The summed E-state index contributed by atoms with van der Waals surface area (Å²) in [4.78, 5) is 56.1. The van der Waals surface area contributed by atoms with Crippen molar-refractivity contribution >= 4 is 57.3 Å². The number of amides is 2. The van der Waals surface area contributed by atoms with Crippen LogP contribution in [0, 0.1) is 0 Å². The summed E-state index contributed by atoms with van der Waals surface area (Å²) >= 11 is 2.37. The van der Waals surface area contributed by atoms with Crippen LogP contribution in [0.15, 0.2) is 48.6 Å². The third-order valence-electron chi connectivity index (χ3n) is 14.1. The summed E-state index contributed by atoms with van der Waals surface area (Å²) < 4.78 is 13.2. The van der Waals surface area contributed by atoms with Gasteiger partial charge in [0.2, 0.25) is 11.8 Å². The predicted octanol–water partition coefficient (Wildman–Crippen LogP) is 8.20. The van der Waals surface area contributed by atoms with E-state index >= 15 is 0 Å². The quantitative estimate of drug-likeness (QED) is 0.0566. The van der Waals surface area contributed by atoms with E-state index in [-0.39, 0.29) is 34.9 Å². The number of ether oxygens (including phenoxy) is 2. The molecule has 3 aromatic carbocycles. The average molecular weight is 940 g/mol. The average Bonchev–Trinajstić information content (AvgIpc) is 3.86. The number of carbonyl (C=O) groups excluding carboxylic acids is 4. The first-order valence-corrected chi connectivity index (χ1v) is 24.2. The lowest BCUT2D eigenvalue weighted by Crippen LogP contribution is -2.43. The number of anilines is 2. The Morgan fingerprint density at radius 3 is 2.02 bits per heavy atom. The van der Waals surface area contributed by atoms with E-state index in [4.69, 9.17) is 9.47 Å². The summed E-state index contributed by atoms with van der Waals surface area (Å²) in [5.41, 5.74) is 10.6. The van der Waals surface area contributed by atoms with Gasteiger partial charge in [-0.3, -0.25) is 24.1 Å². The number of Topliss-reactive ketones (excluding diaryl/α,β-unsaturated/α-hetero) is 2. The molecule has 1 aliphatic carbocycles. The number of methoxy groups -OCH3 is 1. The van der Waals surface area contributed by atoms with E-state index in [2.05, 4.69) is 39.6 Å². The van der Waals surface area contributed by atoms with Gasteiger partial charge in [0.1, 0.15) is 6.10 Å². The molecule has 3 aromatic rings. The maximum Gasteiger partial charge on any atom is 0.231 e. The normalized spacial score (nSPS) is 22.7. The van der Waals surface area contributed by atoms with E-state index in [0.29, 0.717) is 32.1 Å². The fourth-order valence-electron chi connectivity index (χ4n) is 11.1. The molecule has 2 amide bonds. The Bertz CT molecular complexity index is 2270. The van der Waals surface area contributed by atoms with E-state index in [1.165, 1.54) is 28.7 Å². The van der Waals surface area contributed by atoms with Crippen LogP contribution >= 0.6 is 22.6 Å². The van der Waals surface area contributed by atoms with Crippen LogP contribution in [0.3, 0.4) is 0 Å². The lowest BCUT2D eigenvalue weighted by atomic mass is 9.69. The second-order valence-corrected chi connectivity index (χ2v) is 19.1. The molecule has 1 N–H and O–H groups in total. The summed E-state index contributed by atoms with van der Waals surface area (Å²) in [7, 11) is 1.68. The molecule has 0 saturated heterocycles. The van der Waals surface area contributed by atoms with Gasteiger partial charge in [-0.25, -0.2) is 0 Å². The molecule has 0 saturated carbocycles. The number of nitrogens with zero attached hydrogens (tertiary/aromatic N) is 3. The molecule has 0 aromatic heterocycles. The minimum Gasteiger partial charge on any atom is -0.493 e. The van der Waals surface area contributed by atoms with Gasteiger partial charge in [0.05, 0.1) is 42.8 Å². The SMILES string of the molecule is COc1ccc2c3c1O[C@H]1C[C@@H](O)C=C[C@@]31CCN(CCCCCC(=O)c1cc3c4c(c1)CC(=O)N4CCC3)C2.O=C(CCCCCI)c1cc2c3c(c1)CC(=O)N3CCC2. The summed E-state index contributed by atoms with van der Waals surface area (Å²) in [6, 6.07) is 12.2. The zero-order valence-corrected chi connectivity index (χ0v) is 37.6. The number of rotatable bonds is 14. The zero-order valence-electron chi connectivity index (χ0n) is 35.4. The van der Waals surface area contributed by atoms with E-state index < -0.39 is 6.10 Å². The Hall–Kier alpha value is -4.07. The molecule has 10 nitrogen and oxygen atoms in total. The van der Waals surface area contributed by atoms with Crippen molar-refractivity contribution in [3.8, 4) is 11.5 Å². The number of hydrogen-bond acceptors (Lipinski definition) is 8. The molecule has 1 spiro atoms. The number of alkyl halides is 1. The molecule has 11 heteroatoms. The summed E-state index contributed by atoms with van der Waals surface area (Å²) in [5, 5.41) is 10.3. The lowest BCUT2D eigenvalue weighted by Gasteiger charge is -2.35. The van der Waals surface area contributed by atoms with Gasteiger partial charge in [-0.1, -0.05) is 53.7 Å². The lowest BCUT2D eigenvalue weighted by molar-refractivity contribution is -0.118. The number of hydrogen-bond donors (Lipinski definition) is 1. The molecule has 322 valence electrons. The number of carbonyl (C=O) groups is 4. The zero-order chi connectivity index (χ0) is 42.3. The molecular formula is C50H58IN3O7. The van der Waals surface area contributed by atoms with Gasteiger partial charge in [-0.05, 0) is 133 Å². The standard InChI is InChI=1S/C33H38N2O5.C17H20INO2/c1-39-27-9-8-22-20-34(15-12-33-11-10-25(36)19-28(33)40-32(27)30(22)33)13-4-2-3-7-26(37)23-16-21-6-5-14-35-29(38)18-24(17-23)31(21)35;18-7-3-1-2-6-15(20)13-9-12-5-4-8-19-16(21)11-14(10-13)17(12)19/h8-11,16-17,25,28,36H,2-7,12-15,18-20H2,1H3;9-10H,1-8,11H2/t25-,28-,33-;/m0./s1. The highest BCUT2D eigenvalue weighted by molar-refractivity contribution is 14.1. The van der Waals surface area contributed by atoms with Crippen molar-refractivity contribution in [2.75, 3.05) is 47.5 Å². The third-order valence-corrected chi connectivity index (χ3v) is 14.9. The molecule has 3 atom stereocenters. The van der Waals surface area contributed by atoms with E-state index in [0.717, 1.165) is 146 Å². The molecule has 10 rings (SSSR count). The van der Waals surface area contributed by atoms with Crippen LogP contribution in [0.25, 0.3) is 0 Å². The third kappa shape index (κ3) is 8.19. The van der Waals surface area contributed by atoms with Gasteiger partial charge in [0.15, 0.2) is 23.1 Å². The number of unbranched alkanes of at least 4 members (excludes halogenated alkanes) is 4. The fraction of sp³-hybridized carbons (Fsp3) is 0.520. The largest absolute Gasteiger partial charge is 0.493 e. The molecule has 0 unspecified atom stereocenters. The van der Waals surface area contributed by atoms with Gasteiger partial charge in [0, 0.05) is 55.6 Å². The first-order valence-electron chi connectivity index (χ1n) is 22.7. The minimum atomic E-state index is -0.473. The summed E-state index contributed by atoms with van der Waals surface area (Å²) in [5.74, 6) is 2.41. The first kappa shape index (κ1) is 42.2. The van der Waals surface area contributed by atoms with Crippen LogP contribution in [0.4, 0.5) is 11.4 Å². The van der Waals surface area contributed by atoms with Gasteiger partial charge in [-0.15, -0.1) is 0 Å². The maximum absolute atomic E-state index is 13.1. The van der Waals surface area contributed by atoms with Crippen molar-refractivity contribution in [3.05, 3.63) is 93.1 Å². The van der Waals surface area contributed by atoms with E-state index in [9.17, 15) is 24.3 Å². The summed E-state index contributed by atoms with van der Waals surface area (Å²) in [6.07, 6.45) is 17.4. The van der Waals surface area contributed by atoms with E-state index in [1.54, 1.807) is 7.11 Å². The van der Waals surface area contributed by atoms with Gasteiger partial charge in [-0.2, -0.15) is 0 Å². The second kappa shape index (κ2) is 18.0. The first-order chi connectivity index (χ1) is 29.7. The Morgan fingerprint density at radius 1 is 0.803 bits per heavy atom. The molecule has 0 bridgehead atoms. The van der Waals surface area contributed by atoms with Crippen molar-refractivity contribution in [3.63, 3.8) is 0 Å². The molecule has 6 heterocycles.